The molecule has 144 valence electrons. The molecule has 8 heteroatoms. The lowest BCUT2D eigenvalue weighted by Gasteiger charge is -2.10. The Bertz CT molecular complexity index is 1080. The molecule has 0 saturated heterocycles. The minimum absolute atomic E-state index is 0.197. The Kier molecular flexibility index (Phi) is 5.32. The van der Waals surface area contributed by atoms with E-state index in [-0.39, 0.29) is 11.7 Å². The quantitative estimate of drug-likeness (QED) is 0.387. The molecule has 6 nitrogen and oxygen atoms in total. The molecule has 0 bridgehead atoms. The van der Waals surface area contributed by atoms with Crippen LogP contribution in [0.5, 0.6) is 0 Å². The fourth-order valence-electron chi connectivity index (χ4n) is 3.37. The third-order valence-electron chi connectivity index (χ3n) is 4.59. The van der Waals surface area contributed by atoms with Gasteiger partial charge in [-0.25, -0.2) is 14.8 Å². The number of fused-ring (bicyclic) bond motifs is 3. The van der Waals surface area contributed by atoms with E-state index in [1.807, 2.05) is 6.92 Å². The summed E-state index contributed by atoms with van der Waals surface area (Å²) in [4.78, 5) is 36.0. The zero-order valence-corrected chi connectivity index (χ0v) is 17.2. The fraction of sp³-hybridized carbons (Fsp3) is 0.300. The zero-order chi connectivity index (χ0) is 19.7. The van der Waals surface area contributed by atoms with Gasteiger partial charge in [0.05, 0.1) is 24.1 Å². The number of amides is 1. The van der Waals surface area contributed by atoms with E-state index in [9.17, 15) is 9.59 Å². The van der Waals surface area contributed by atoms with Gasteiger partial charge in [0, 0.05) is 10.3 Å². The number of esters is 1. The number of aromatic nitrogens is 2. The molecule has 1 N–H and O–H groups in total. The van der Waals surface area contributed by atoms with Gasteiger partial charge in [-0.3, -0.25) is 4.79 Å². The molecule has 28 heavy (non-hydrogen) atoms. The number of methoxy groups -OCH3 is 1. The fourth-order valence-corrected chi connectivity index (χ4v) is 5.64. The SMILES string of the molecule is COC(=O)c1ccccc1NC(=O)CSc1nc(C)nc2sc3c(c12)CCC3. The van der Waals surface area contributed by atoms with Gasteiger partial charge in [0.2, 0.25) is 5.91 Å². The number of carbonyl (C=O) groups excluding carboxylic acids is 2. The number of thiophene rings is 1. The van der Waals surface area contributed by atoms with E-state index in [2.05, 4.69) is 15.3 Å². The summed E-state index contributed by atoms with van der Waals surface area (Å²) < 4.78 is 4.77. The van der Waals surface area contributed by atoms with Crippen LogP contribution in [0.4, 0.5) is 5.69 Å². The smallest absolute Gasteiger partial charge is 0.339 e. The molecule has 0 unspecified atom stereocenters. The monoisotopic (exact) mass is 413 g/mol. The Morgan fingerprint density at radius 2 is 2.07 bits per heavy atom. The van der Waals surface area contributed by atoms with Crippen molar-refractivity contribution in [2.75, 3.05) is 18.2 Å². The van der Waals surface area contributed by atoms with E-state index in [1.165, 1.54) is 35.7 Å². The van der Waals surface area contributed by atoms with Gasteiger partial charge in [0.15, 0.2) is 0 Å². The number of benzene rings is 1. The minimum Gasteiger partial charge on any atom is -0.465 e. The summed E-state index contributed by atoms with van der Waals surface area (Å²) in [5.41, 5.74) is 2.12. The van der Waals surface area contributed by atoms with Gasteiger partial charge in [0.1, 0.15) is 15.7 Å². The zero-order valence-electron chi connectivity index (χ0n) is 15.6. The standard InChI is InChI=1S/C20H19N3O3S2/c1-11-21-18(17-13-7-5-9-15(13)28-19(17)22-11)27-10-16(24)23-14-8-4-3-6-12(14)20(25)26-2/h3-4,6,8H,5,7,9-10H2,1-2H3,(H,23,24). The first kappa shape index (κ1) is 18.9. The highest BCUT2D eigenvalue weighted by atomic mass is 32.2. The number of anilines is 1. The van der Waals surface area contributed by atoms with Gasteiger partial charge in [-0.15, -0.1) is 11.3 Å². The molecule has 2 aromatic heterocycles. The van der Waals surface area contributed by atoms with Crippen LogP contribution in [-0.2, 0) is 22.4 Å². The normalized spacial score (nSPS) is 12.8. The Balaban J connectivity index is 1.53. The van der Waals surface area contributed by atoms with Crippen LogP contribution in [0.2, 0.25) is 0 Å². The average molecular weight is 414 g/mol. The number of hydrogen-bond donors (Lipinski definition) is 1. The molecular formula is C20H19N3O3S2. The second kappa shape index (κ2) is 7.89. The third-order valence-corrected chi connectivity index (χ3v) is 6.75. The van der Waals surface area contributed by atoms with Crippen molar-refractivity contribution in [3.8, 4) is 0 Å². The first-order valence-electron chi connectivity index (χ1n) is 8.95. The molecule has 3 aromatic rings. The first-order valence-corrected chi connectivity index (χ1v) is 10.8. The Hall–Kier alpha value is -2.45. The summed E-state index contributed by atoms with van der Waals surface area (Å²) in [6.45, 7) is 1.88. The Labute approximate surface area is 170 Å². The van der Waals surface area contributed by atoms with E-state index in [1.54, 1.807) is 35.6 Å². The van der Waals surface area contributed by atoms with Crippen LogP contribution in [0, 0.1) is 6.92 Å². The number of ether oxygens (including phenoxy) is 1. The maximum Gasteiger partial charge on any atom is 0.339 e. The molecular weight excluding hydrogens is 394 g/mol. The van der Waals surface area contributed by atoms with Crippen molar-refractivity contribution in [2.24, 2.45) is 0 Å². The summed E-state index contributed by atoms with van der Waals surface area (Å²) in [6, 6.07) is 6.81. The Morgan fingerprint density at radius 3 is 2.89 bits per heavy atom. The molecule has 0 saturated carbocycles. The van der Waals surface area contributed by atoms with Gasteiger partial charge >= 0.3 is 5.97 Å². The molecule has 2 heterocycles. The second-order valence-electron chi connectivity index (χ2n) is 6.49. The number of aryl methyl sites for hydroxylation is 3. The third kappa shape index (κ3) is 3.62. The number of carbonyl (C=O) groups is 2. The maximum absolute atomic E-state index is 12.5. The molecule has 4 rings (SSSR count). The highest BCUT2D eigenvalue weighted by Crippen LogP contribution is 2.40. The Morgan fingerprint density at radius 1 is 1.25 bits per heavy atom. The number of para-hydroxylation sites is 1. The molecule has 1 aliphatic carbocycles. The highest BCUT2D eigenvalue weighted by Gasteiger charge is 2.22. The van der Waals surface area contributed by atoms with Crippen LogP contribution < -0.4 is 5.32 Å². The van der Waals surface area contributed by atoms with Gasteiger partial charge < -0.3 is 10.1 Å². The second-order valence-corrected chi connectivity index (χ2v) is 8.54. The summed E-state index contributed by atoms with van der Waals surface area (Å²) in [5.74, 6) is 0.237. The summed E-state index contributed by atoms with van der Waals surface area (Å²) >= 11 is 3.15. The van der Waals surface area contributed by atoms with Crippen molar-refractivity contribution in [3.05, 3.63) is 46.1 Å². The van der Waals surface area contributed by atoms with Crippen molar-refractivity contribution < 1.29 is 14.3 Å². The van der Waals surface area contributed by atoms with Crippen LogP contribution in [0.15, 0.2) is 29.3 Å². The van der Waals surface area contributed by atoms with Crippen molar-refractivity contribution in [2.45, 2.75) is 31.2 Å². The number of thioether (sulfide) groups is 1. The number of rotatable bonds is 5. The van der Waals surface area contributed by atoms with E-state index in [0.717, 1.165) is 28.1 Å². The predicted molar refractivity (Wildman–Crippen MR) is 111 cm³/mol. The highest BCUT2D eigenvalue weighted by molar-refractivity contribution is 8.00. The molecule has 0 atom stereocenters. The molecule has 0 fully saturated rings. The van der Waals surface area contributed by atoms with Crippen molar-refractivity contribution in [1.29, 1.82) is 0 Å². The van der Waals surface area contributed by atoms with Crippen LogP contribution in [0.1, 0.15) is 33.0 Å². The van der Waals surface area contributed by atoms with E-state index >= 15 is 0 Å². The van der Waals surface area contributed by atoms with E-state index < -0.39 is 5.97 Å². The van der Waals surface area contributed by atoms with Gasteiger partial charge in [-0.1, -0.05) is 23.9 Å². The van der Waals surface area contributed by atoms with Gasteiger partial charge in [-0.2, -0.15) is 0 Å². The lowest BCUT2D eigenvalue weighted by atomic mass is 10.2. The van der Waals surface area contributed by atoms with Crippen molar-refractivity contribution in [1.82, 2.24) is 9.97 Å². The maximum atomic E-state index is 12.5. The number of nitrogens with one attached hydrogen (secondary N) is 1. The first-order chi connectivity index (χ1) is 13.6. The van der Waals surface area contributed by atoms with Crippen LogP contribution in [0.25, 0.3) is 10.2 Å². The predicted octanol–water partition coefficient (Wildman–Crippen LogP) is 4.01. The summed E-state index contributed by atoms with van der Waals surface area (Å²) in [7, 11) is 1.32. The minimum atomic E-state index is -0.481. The van der Waals surface area contributed by atoms with Gasteiger partial charge in [-0.05, 0) is 43.9 Å². The van der Waals surface area contributed by atoms with Crippen LogP contribution in [0.3, 0.4) is 0 Å². The topological polar surface area (TPSA) is 81.2 Å². The number of hydrogen-bond acceptors (Lipinski definition) is 7. The van der Waals surface area contributed by atoms with Crippen molar-refractivity contribution >= 4 is 50.9 Å². The van der Waals surface area contributed by atoms with E-state index in [4.69, 9.17) is 4.74 Å². The average Bonchev–Trinajstić information content (AvgIpc) is 3.26. The lowest BCUT2D eigenvalue weighted by molar-refractivity contribution is -0.113. The van der Waals surface area contributed by atoms with Crippen molar-refractivity contribution in [3.63, 3.8) is 0 Å². The lowest BCUT2D eigenvalue weighted by Crippen LogP contribution is -2.17. The largest absolute Gasteiger partial charge is 0.465 e. The molecule has 0 spiro atoms. The molecule has 1 amide bonds. The van der Waals surface area contributed by atoms with Crippen LogP contribution in [-0.4, -0.2) is 34.7 Å². The molecule has 0 radical (unpaired) electrons. The van der Waals surface area contributed by atoms with Gasteiger partial charge in [0.25, 0.3) is 0 Å². The summed E-state index contributed by atoms with van der Waals surface area (Å²) in [6.07, 6.45) is 3.32. The van der Waals surface area contributed by atoms with E-state index in [0.29, 0.717) is 17.1 Å². The molecule has 1 aromatic carbocycles. The molecule has 0 aliphatic heterocycles. The van der Waals surface area contributed by atoms with Crippen LogP contribution >= 0.6 is 23.1 Å². The summed E-state index contributed by atoms with van der Waals surface area (Å²) in [5, 5.41) is 4.77. The number of nitrogens with zero attached hydrogens (tertiary/aromatic N) is 2. The molecule has 1 aliphatic rings.